The van der Waals surface area contributed by atoms with E-state index in [9.17, 15) is 17.6 Å². The van der Waals surface area contributed by atoms with Crippen molar-refractivity contribution in [3.05, 3.63) is 24.0 Å². The highest BCUT2D eigenvalue weighted by molar-refractivity contribution is 7.89. The van der Waals surface area contributed by atoms with Crippen molar-refractivity contribution in [2.24, 2.45) is 0 Å². The summed E-state index contributed by atoms with van der Waals surface area (Å²) in [7, 11) is -3.73. The first kappa shape index (κ1) is 15.7. The van der Waals surface area contributed by atoms with Crippen LogP contribution in [0.25, 0.3) is 0 Å². The molecule has 2 N–H and O–H groups in total. The van der Waals surface area contributed by atoms with Gasteiger partial charge in [-0.3, -0.25) is 4.79 Å². The van der Waals surface area contributed by atoms with Gasteiger partial charge in [-0.2, -0.15) is 4.31 Å². The van der Waals surface area contributed by atoms with Gasteiger partial charge in [-0.15, -0.1) is 0 Å². The van der Waals surface area contributed by atoms with Crippen molar-refractivity contribution in [3.63, 3.8) is 0 Å². The third-order valence-electron chi connectivity index (χ3n) is 3.51. The summed E-state index contributed by atoms with van der Waals surface area (Å²) in [6.07, 6.45) is 0.565. The highest BCUT2D eigenvalue weighted by Gasteiger charge is 2.27. The Labute approximate surface area is 123 Å². The molecular formula is C13H18FN3O3S. The molecule has 1 amide bonds. The van der Waals surface area contributed by atoms with Crippen molar-refractivity contribution in [2.75, 3.05) is 31.9 Å². The molecule has 0 aliphatic carbocycles. The zero-order chi connectivity index (χ0) is 15.6. The van der Waals surface area contributed by atoms with Gasteiger partial charge in [0.15, 0.2) is 0 Å². The molecule has 1 heterocycles. The van der Waals surface area contributed by atoms with Gasteiger partial charge in [-0.05, 0) is 24.6 Å². The normalized spacial score (nSPS) is 17.5. The fourth-order valence-electron chi connectivity index (χ4n) is 2.28. The van der Waals surface area contributed by atoms with Gasteiger partial charge in [0.2, 0.25) is 15.9 Å². The number of halogens is 1. The Bertz CT molecular complexity index is 648. The molecule has 2 rings (SSSR count). The van der Waals surface area contributed by atoms with Gasteiger partial charge in [0, 0.05) is 33.1 Å². The minimum Gasteiger partial charge on any atom is -0.396 e. The van der Waals surface area contributed by atoms with E-state index in [1.807, 2.05) is 0 Å². The van der Waals surface area contributed by atoms with Crippen molar-refractivity contribution in [1.29, 1.82) is 0 Å². The number of sulfonamides is 1. The minimum atomic E-state index is -3.73. The van der Waals surface area contributed by atoms with Gasteiger partial charge in [-0.1, -0.05) is 0 Å². The molecule has 1 aliphatic heterocycles. The van der Waals surface area contributed by atoms with Crippen LogP contribution in [0.4, 0.5) is 10.1 Å². The van der Waals surface area contributed by atoms with Gasteiger partial charge in [0.25, 0.3) is 0 Å². The first-order valence-electron chi connectivity index (χ1n) is 6.63. The number of hydrogen-bond acceptors (Lipinski definition) is 4. The molecule has 1 aromatic rings. The highest BCUT2D eigenvalue weighted by Crippen LogP contribution is 2.21. The van der Waals surface area contributed by atoms with E-state index < -0.39 is 15.8 Å². The van der Waals surface area contributed by atoms with Crippen molar-refractivity contribution < 1.29 is 17.6 Å². The lowest BCUT2D eigenvalue weighted by Gasteiger charge is -2.21. The maximum atomic E-state index is 13.2. The summed E-state index contributed by atoms with van der Waals surface area (Å²) in [6.45, 7) is 2.89. The monoisotopic (exact) mass is 315 g/mol. The largest absolute Gasteiger partial charge is 0.396 e. The maximum Gasteiger partial charge on any atom is 0.243 e. The number of amides is 1. The number of hydrogen-bond donors (Lipinski definition) is 1. The summed E-state index contributed by atoms with van der Waals surface area (Å²) in [5.74, 6) is -0.715. The van der Waals surface area contributed by atoms with Gasteiger partial charge in [-0.25, -0.2) is 12.8 Å². The average molecular weight is 315 g/mol. The Morgan fingerprint density at radius 2 is 1.95 bits per heavy atom. The number of nitrogens with zero attached hydrogens (tertiary/aromatic N) is 2. The second kappa shape index (κ2) is 5.98. The first-order valence-corrected chi connectivity index (χ1v) is 8.07. The summed E-state index contributed by atoms with van der Waals surface area (Å²) in [5.41, 5.74) is 5.23. The average Bonchev–Trinajstić information content (AvgIpc) is 2.68. The van der Waals surface area contributed by atoms with Crippen molar-refractivity contribution in [1.82, 2.24) is 9.21 Å². The quantitative estimate of drug-likeness (QED) is 0.812. The topological polar surface area (TPSA) is 83.7 Å². The Morgan fingerprint density at radius 3 is 2.57 bits per heavy atom. The van der Waals surface area contributed by atoms with E-state index in [1.165, 1.54) is 17.3 Å². The van der Waals surface area contributed by atoms with Crippen molar-refractivity contribution in [2.45, 2.75) is 18.2 Å². The van der Waals surface area contributed by atoms with Gasteiger partial charge in [0.1, 0.15) is 5.82 Å². The summed E-state index contributed by atoms with van der Waals surface area (Å²) in [5, 5.41) is 0. The highest BCUT2D eigenvalue weighted by atomic mass is 32.2. The molecule has 1 fully saturated rings. The second-order valence-electron chi connectivity index (χ2n) is 4.95. The third kappa shape index (κ3) is 3.33. The smallest absolute Gasteiger partial charge is 0.243 e. The number of benzene rings is 1. The molecule has 1 aromatic carbocycles. The van der Waals surface area contributed by atoms with Crippen LogP contribution in [0.1, 0.15) is 13.3 Å². The molecule has 116 valence electrons. The zero-order valence-electron chi connectivity index (χ0n) is 11.8. The Hall–Kier alpha value is -1.67. The molecule has 0 unspecified atom stereocenters. The summed E-state index contributed by atoms with van der Waals surface area (Å²) in [4.78, 5) is 12.9. The van der Waals surface area contributed by atoms with E-state index in [2.05, 4.69) is 0 Å². The fraction of sp³-hybridized carbons (Fsp3) is 0.462. The standard InChI is InChI=1S/C13H18FN3O3S/c1-10(18)16-5-2-6-17(8-7-16)21(19,20)11-3-4-12(14)13(15)9-11/h3-4,9H,2,5-8,15H2,1H3. The van der Waals surface area contributed by atoms with E-state index in [0.717, 1.165) is 12.1 Å². The lowest BCUT2D eigenvalue weighted by Crippen LogP contribution is -2.36. The molecule has 0 aromatic heterocycles. The predicted molar refractivity (Wildman–Crippen MR) is 76.4 cm³/mol. The van der Waals surface area contributed by atoms with Crippen LogP contribution < -0.4 is 5.73 Å². The van der Waals surface area contributed by atoms with Crippen LogP contribution in [0, 0.1) is 5.82 Å². The zero-order valence-corrected chi connectivity index (χ0v) is 12.6. The minimum absolute atomic E-state index is 0.0299. The Kier molecular flexibility index (Phi) is 4.48. The van der Waals surface area contributed by atoms with E-state index in [4.69, 9.17) is 5.73 Å². The lowest BCUT2D eigenvalue weighted by atomic mass is 10.3. The molecule has 8 heteroatoms. The van der Waals surface area contributed by atoms with Crippen molar-refractivity contribution in [3.8, 4) is 0 Å². The fourth-order valence-corrected chi connectivity index (χ4v) is 3.79. The van der Waals surface area contributed by atoms with Crippen LogP contribution in [0.3, 0.4) is 0 Å². The molecule has 0 bridgehead atoms. The number of carbonyl (C=O) groups excluding carboxylic acids is 1. The van der Waals surface area contributed by atoms with Crippen molar-refractivity contribution >= 4 is 21.6 Å². The number of nitrogens with two attached hydrogens (primary N) is 1. The first-order chi connectivity index (χ1) is 9.82. The third-order valence-corrected chi connectivity index (χ3v) is 5.40. The molecule has 1 aliphatic rings. The van der Waals surface area contributed by atoms with Crippen LogP contribution in [0.2, 0.25) is 0 Å². The predicted octanol–water partition coefficient (Wildman–Crippen LogP) is 0.651. The summed E-state index contributed by atoms with van der Waals surface area (Å²) in [6, 6.07) is 3.37. The van der Waals surface area contributed by atoms with Crippen LogP contribution in [0.5, 0.6) is 0 Å². The van der Waals surface area contributed by atoms with E-state index in [0.29, 0.717) is 26.1 Å². The Morgan fingerprint density at radius 1 is 1.24 bits per heavy atom. The van der Waals surface area contributed by atoms with Gasteiger partial charge < -0.3 is 10.6 Å². The molecule has 0 spiro atoms. The molecular weight excluding hydrogens is 297 g/mol. The van der Waals surface area contributed by atoms with Crippen LogP contribution in [0.15, 0.2) is 23.1 Å². The number of nitrogen functional groups attached to an aromatic ring is 1. The van der Waals surface area contributed by atoms with Crippen LogP contribution in [-0.4, -0.2) is 49.7 Å². The number of rotatable bonds is 2. The number of anilines is 1. The van der Waals surface area contributed by atoms with E-state index >= 15 is 0 Å². The van der Waals surface area contributed by atoms with Gasteiger partial charge >= 0.3 is 0 Å². The number of carbonyl (C=O) groups is 1. The van der Waals surface area contributed by atoms with Gasteiger partial charge in [0.05, 0.1) is 10.6 Å². The van der Waals surface area contributed by atoms with E-state index in [1.54, 1.807) is 4.90 Å². The molecule has 1 saturated heterocycles. The molecule has 6 nitrogen and oxygen atoms in total. The van der Waals surface area contributed by atoms with Crippen LogP contribution >= 0.6 is 0 Å². The molecule has 0 saturated carbocycles. The molecule has 21 heavy (non-hydrogen) atoms. The summed E-state index contributed by atoms with van der Waals surface area (Å²) >= 11 is 0. The summed E-state index contributed by atoms with van der Waals surface area (Å²) < 4.78 is 39.5. The van der Waals surface area contributed by atoms with E-state index in [-0.39, 0.29) is 23.0 Å². The Balaban J connectivity index is 2.23. The second-order valence-corrected chi connectivity index (χ2v) is 6.88. The SMILES string of the molecule is CC(=O)N1CCCN(S(=O)(=O)c2ccc(F)c(N)c2)CC1. The molecule has 0 radical (unpaired) electrons. The maximum absolute atomic E-state index is 13.2. The van der Waals surface area contributed by atoms with Crippen LogP contribution in [-0.2, 0) is 14.8 Å². The lowest BCUT2D eigenvalue weighted by molar-refractivity contribution is -0.128. The molecule has 0 atom stereocenters.